The number of rotatable bonds is 6. The summed E-state index contributed by atoms with van der Waals surface area (Å²) >= 11 is 0. The fourth-order valence-electron chi connectivity index (χ4n) is 2.00. The molecule has 1 aliphatic rings. The van der Waals surface area contributed by atoms with Gasteiger partial charge in [-0.1, -0.05) is 25.5 Å². The molecule has 1 aliphatic heterocycles. The van der Waals surface area contributed by atoms with E-state index in [1.807, 2.05) is 0 Å². The van der Waals surface area contributed by atoms with Gasteiger partial charge in [-0.15, -0.1) is 0 Å². The van der Waals surface area contributed by atoms with E-state index in [1.54, 1.807) is 5.57 Å². The lowest BCUT2D eigenvalue weighted by Crippen LogP contribution is -2.31. The number of hydrogen-bond donors (Lipinski definition) is 1. The maximum absolute atomic E-state index is 3.36. The van der Waals surface area contributed by atoms with Crippen LogP contribution in [0.25, 0.3) is 0 Å². The van der Waals surface area contributed by atoms with Crippen molar-refractivity contribution in [2.24, 2.45) is 0 Å². The summed E-state index contributed by atoms with van der Waals surface area (Å²) < 4.78 is 0. The third kappa shape index (κ3) is 4.25. The maximum Gasteiger partial charge on any atom is 0.0193 e. The second-order valence-electron chi connectivity index (χ2n) is 4.09. The lowest BCUT2D eigenvalue weighted by Gasteiger charge is -2.24. The highest BCUT2D eigenvalue weighted by Crippen LogP contribution is 2.07. The van der Waals surface area contributed by atoms with Gasteiger partial charge in [-0.05, 0) is 38.9 Å². The molecule has 0 aromatic carbocycles. The third-order valence-corrected chi connectivity index (χ3v) is 2.66. The maximum atomic E-state index is 3.36. The van der Waals surface area contributed by atoms with Gasteiger partial charge < -0.3 is 5.32 Å². The van der Waals surface area contributed by atoms with Gasteiger partial charge >= 0.3 is 0 Å². The lowest BCUT2D eigenvalue weighted by molar-refractivity contribution is 0.293. The van der Waals surface area contributed by atoms with E-state index in [2.05, 4.69) is 30.1 Å². The number of nitrogens with zero attached hydrogens (tertiary/aromatic N) is 1. The van der Waals surface area contributed by atoms with E-state index in [0.29, 0.717) is 0 Å². The molecule has 82 valence electrons. The van der Waals surface area contributed by atoms with Crippen LogP contribution in [0.2, 0.25) is 0 Å². The van der Waals surface area contributed by atoms with Crippen molar-refractivity contribution in [2.45, 2.75) is 33.1 Å². The molecule has 0 fully saturated rings. The molecule has 0 amide bonds. The van der Waals surface area contributed by atoms with Crippen LogP contribution in [0.4, 0.5) is 0 Å². The zero-order valence-corrected chi connectivity index (χ0v) is 9.68. The Kier molecular flexibility index (Phi) is 5.88. The second kappa shape index (κ2) is 7.02. The highest BCUT2D eigenvalue weighted by Gasteiger charge is 2.07. The average molecular weight is 196 g/mol. The van der Waals surface area contributed by atoms with E-state index in [-0.39, 0.29) is 0 Å². The van der Waals surface area contributed by atoms with Crippen molar-refractivity contribution in [3.8, 4) is 0 Å². The largest absolute Gasteiger partial charge is 0.313 e. The van der Waals surface area contributed by atoms with Crippen LogP contribution in [0.1, 0.15) is 33.1 Å². The second-order valence-corrected chi connectivity index (χ2v) is 4.09. The van der Waals surface area contributed by atoms with Crippen LogP contribution in [0, 0.1) is 0 Å². The van der Waals surface area contributed by atoms with Gasteiger partial charge in [-0.3, -0.25) is 4.90 Å². The summed E-state index contributed by atoms with van der Waals surface area (Å²) in [6, 6.07) is 0. The molecule has 0 bridgehead atoms. The first kappa shape index (κ1) is 11.7. The van der Waals surface area contributed by atoms with Crippen molar-refractivity contribution in [1.82, 2.24) is 10.2 Å². The summed E-state index contributed by atoms with van der Waals surface area (Å²) in [7, 11) is 0. The van der Waals surface area contributed by atoms with Crippen LogP contribution in [0.3, 0.4) is 0 Å². The SMILES string of the molecule is CCCN(CCC)CC1=CCNCC1. The lowest BCUT2D eigenvalue weighted by atomic mass is 10.1. The van der Waals surface area contributed by atoms with Crippen LogP contribution in [0.5, 0.6) is 0 Å². The number of hydrogen-bond acceptors (Lipinski definition) is 2. The van der Waals surface area contributed by atoms with Gasteiger partial charge in [0.05, 0.1) is 0 Å². The summed E-state index contributed by atoms with van der Waals surface area (Å²) in [5.41, 5.74) is 1.63. The van der Waals surface area contributed by atoms with E-state index in [1.165, 1.54) is 38.9 Å². The molecular formula is C12H24N2. The highest BCUT2D eigenvalue weighted by molar-refractivity contribution is 5.08. The van der Waals surface area contributed by atoms with Crippen molar-refractivity contribution in [1.29, 1.82) is 0 Å². The smallest absolute Gasteiger partial charge is 0.0193 e. The van der Waals surface area contributed by atoms with Gasteiger partial charge in [-0.2, -0.15) is 0 Å². The molecule has 0 unspecified atom stereocenters. The summed E-state index contributed by atoms with van der Waals surface area (Å²) in [6.45, 7) is 10.5. The third-order valence-electron chi connectivity index (χ3n) is 2.66. The minimum atomic E-state index is 1.07. The quantitative estimate of drug-likeness (QED) is 0.654. The van der Waals surface area contributed by atoms with Gasteiger partial charge in [0.1, 0.15) is 0 Å². The van der Waals surface area contributed by atoms with Gasteiger partial charge in [0.15, 0.2) is 0 Å². The highest BCUT2D eigenvalue weighted by atomic mass is 15.1. The molecule has 1 N–H and O–H groups in total. The fourth-order valence-corrected chi connectivity index (χ4v) is 2.00. The molecule has 14 heavy (non-hydrogen) atoms. The fraction of sp³-hybridized carbons (Fsp3) is 0.833. The van der Waals surface area contributed by atoms with Gasteiger partial charge in [0.2, 0.25) is 0 Å². The molecule has 0 saturated heterocycles. The molecule has 0 spiro atoms. The first-order valence-electron chi connectivity index (χ1n) is 5.97. The Morgan fingerprint density at radius 1 is 1.29 bits per heavy atom. The Bertz CT molecular complexity index is 169. The van der Waals surface area contributed by atoms with Crippen LogP contribution < -0.4 is 5.32 Å². The molecule has 0 radical (unpaired) electrons. The summed E-state index contributed by atoms with van der Waals surface area (Å²) in [5, 5.41) is 3.36. The van der Waals surface area contributed by atoms with E-state index in [4.69, 9.17) is 0 Å². The first-order valence-corrected chi connectivity index (χ1v) is 5.97. The van der Waals surface area contributed by atoms with E-state index >= 15 is 0 Å². The molecule has 0 atom stereocenters. The van der Waals surface area contributed by atoms with Crippen LogP contribution in [-0.4, -0.2) is 37.6 Å². The van der Waals surface area contributed by atoms with Crippen LogP contribution in [0.15, 0.2) is 11.6 Å². The molecule has 1 rings (SSSR count). The van der Waals surface area contributed by atoms with Gasteiger partial charge in [0, 0.05) is 13.1 Å². The van der Waals surface area contributed by atoms with Crippen molar-refractivity contribution >= 4 is 0 Å². The Balaban J connectivity index is 2.32. The normalized spacial score (nSPS) is 17.2. The van der Waals surface area contributed by atoms with E-state index in [9.17, 15) is 0 Å². The Hall–Kier alpha value is -0.340. The van der Waals surface area contributed by atoms with Crippen LogP contribution >= 0.6 is 0 Å². The summed E-state index contributed by atoms with van der Waals surface area (Å²) in [5.74, 6) is 0. The molecule has 0 aromatic heterocycles. The molecule has 0 saturated carbocycles. The Morgan fingerprint density at radius 2 is 2.00 bits per heavy atom. The number of nitrogens with one attached hydrogen (secondary N) is 1. The van der Waals surface area contributed by atoms with Crippen LogP contribution in [-0.2, 0) is 0 Å². The Morgan fingerprint density at radius 3 is 2.50 bits per heavy atom. The monoisotopic (exact) mass is 196 g/mol. The van der Waals surface area contributed by atoms with Crippen molar-refractivity contribution in [2.75, 3.05) is 32.7 Å². The topological polar surface area (TPSA) is 15.3 Å². The molecular weight excluding hydrogens is 172 g/mol. The standard InChI is InChI=1S/C12H24N2/c1-3-9-14(10-4-2)11-12-5-7-13-8-6-12/h5,13H,3-4,6-11H2,1-2H3. The minimum Gasteiger partial charge on any atom is -0.313 e. The van der Waals surface area contributed by atoms with E-state index in [0.717, 1.165) is 13.1 Å². The summed E-state index contributed by atoms with van der Waals surface area (Å²) in [6.07, 6.45) is 6.14. The molecule has 2 heteroatoms. The average Bonchev–Trinajstić information content (AvgIpc) is 2.20. The molecule has 1 heterocycles. The van der Waals surface area contributed by atoms with Crippen molar-refractivity contribution in [3.63, 3.8) is 0 Å². The van der Waals surface area contributed by atoms with Crippen molar-refractivity contribution in [3.05, 3.63) is 11.6 Å². The summed E-state index contributed by atoms with van der Waals surface area (Å²) in [4.78, 5) is 2.58. The van der Waals surface area contributed by atoms with Gasteiger partial charge in [0.25, 0.3) is 0 Å². The first-order chi connectivity index (χ1) is 6.86. The van der Waals surface area contributed by atoms with E-state index < -0.39 is 0 Å². The molecule has 0 aromatic rings. The minimum absolute atomic E-state index is 1.07. The molecule has 2 nitrogen and oxygen atoms in total. The Labute approximate surface area is 88.4 Å². The predicted molar refractivity (Wildman–Crippen MR) is 62.6 cm³/mol. The zero-order chi connectivity index (χ0) is 10.2. The zero-order valence-electron chi connectivity index (χ0n) is 9.68. The molecule has 0 aliphatic carbocycles. The van der Waals surface area contributed by atoms with Gasteiger partial charge in [-0.25, -0.2) is 0 Å². The predicted octanol–water partition coefficient (Wildman–Crippen LogP) is 2.03. The van der Waals surface area contributed by atoms with Crippen molar-refractivity contribution < 1.29 is 0 Å².